The SMILES string of the molecule is Cc1ccc(S[C@H](c2ccccc2)[C@H](OC(=N)C(Cl)(Cl)Cl)c2ccccc2)cc1. The van der Waals surface area contributed by atoms with Crippen LogP contribution in [0.3, 0.4) is 0 Å². The van der Waals surface area contributed by atoms with E-state index in [1.54, 1.807) is 11.8 Å². The lowest BCUT2D eigenvalue weighted by Gasteiger charge is -2.30. The first-order chi connectivity index (χ1) is 13.8. The Labute approximate surface area is 190 Å². The average Bonchev–Trinajstić information content (AvgIpc) is 2.72. The third kappa shape index (κ3) is 6.16. The first kappa shape index (κ1) is 22.0. The maximum atomic E-state index is 8.16. The highest BCUT2D eigenvalue weighted by molar-refractivity contribution is 7.99. The largest absolute Gasteiger partial charge is 0.468 e. The van der Waals surface area contributed by atoms with E-state index in [0.29, 0.717) is 0 Å². The van der Waals surface area contributed by atoms with Gasteiger partial charge in [-0.1, -0.05) is 113 Å². The summed E-state index contributed by atoms with van der Waals surface area (Å²) in [6, 6.07) is 28.1. The van der Waals surface area contributed by atoms with Crippen molar-refractivity contribution in [2.75, 3.05) is 0 Å². The van der Waals surface area contributed by atoms with Crippen LogP contribution in [0.2, 0.25) is 0 Å². The van der Waals surface area contributed by atoms with Gasteiger partial charge in [-0.05, 0) is 30.2 Å². The summed E-state index contributed by atoms with van der Waals surface area (Å²) >= 11 is 19.4. The molecule has 6 heteroatoms. The molecule has 0 saturated carbocycles. The smallest absolute Gasteiger partial charge is 0.265 e. The van der Waals surface area contributed by atoms with Gasteiger partial charge in [0, 0.05) is 4.90 Å². The molecule has 0 aliphatic carbocycles. The zero-order valence-electron chi connectivity index (χ0n) is 15.7. The van der Waals surface area contributed by atoms with E-state index in [1.807, 2.05) is 60.7 Å². The van der Waals surface area contributed by atoms with Gasteiger partial charge in [-0.15, -0.1) is 11.8 Å². The average molecular weight is 465 g/mol. The molecule has 0 radical (unpaired) electrons. The van der Waals surface area contributed by atoms with E-state index in [1.165, 1.54) is 5.56 Å². The van der Waals surface area contributed by atoms with Crippen LogP contribution in [-0.4, -0.2) is 9.69 Å². The fourth-order valence-electron chi connectivity index (χ4n) is 2.85. The zero-order valence-corrected chi connectivity index (χ0v) is 18.8. The normalized spacial score (nSPS) is 13.5. The van der Waals surface area contributed by atoms with E-state index in [4.69, 9.17) is 44.9 Å². The van der Waals surface area contributed by atoms with E-state index in [2.05, 4.69) is 31.2 Å². The van der Waals surface area contributed by atoms with Crippen molar-refractivity contribution in [3.8, 4) is 0 Å². The predicted octanol–water partition coefficient (Wildman–Crippen LogP) is 7.93. The quantitative estimate of drug-likeness (QED) is 0.174. The molecule has 0 fully saturated rings. The van der Waals surface area contributed by atoms with Crippen LogP contribution in [0.25, 0.3) is 0 Å². The summed E-state index contributed by atoms with van der Waals surface area (Å²) in [5.41, 5.74) is 3.16. The molecular weight excluding hydrogens is 445 g/mol. The van der Waals surface area contributed by atoms with Crippen LogP contribution in [0.1, 0.15) is 28.0 Å². The second-order valence-corrected chi connectivity index (χ2v) is 10.0. The van der Waals surface area contributed by atoms with Crippen molar-refractivity contribution in [3.05, 3.63) is 102 Å². The fraction of sp³-hybridized carbons (Fsp3) is 0.174. The van der Waals surface area contributed by atoms with E-state index in [9.17, 15) is 0 Å². The number of alkyl halides is 3. The van der Waals surface area contributed by atoms with Gasteiger partial charge in [-0.2, -0.15) is 0 Å². The van der Waals surface area contributed by atoms with Crippen LogP contribution in [0, 0.1) is 12.3 Å². The minimum Gasteiger partial charge on any atom is -0.468 e. The Balaban J connectivity index is 2.03. The molecule has 0 heterocycles. The number of nitrogens with one attached hydrogen (secondary N) is 1. The summed E-state index contributed by atoms with van der Waals surface area (Å²) in [6.45, 7) is 2.06. The molecule has 150 valence electrons. The summed E-state index contributed by atoms with van der Waals surface area (Å²) < 4.78 is 4.05. The number of benzene rings is 3. The summed E-state index contributed by atoms with van der Waals surface area (Å²) in [6.07, 6.45) is -0.520. The van der Waals surface area contributed by atoms with Crippen molar-refractivity contribution in [1.82, 2.24) is 0 Å². The van der Waals surface area contributed by atoms with Crippen molar-refractivity contribution in [2.24, 2.45) is 0 Å². The van der Waals surface area contributed by atoms with E-state index in [0.717, 1.165) is 16.0 Å². The summed E-state index contributed by atoms with van der Waals surface area (Å²) in [4.78, 5) is 1.09. The number of hydrogen-bond acceptors (Lipinski definition) is 3. The van der Waals surface area contributed by atoms with Gasteiger partial charge in [0.2, 0.25) is 5.90 Å². The van der Waals surface area contributed by atoms with Gasteiger partial charge in [-0.25, -0.2) is 0 Å². The monoisotopic (exact) mass is 463 g/mol. The van der Waals surface area contributed by atoms with Crippen LogP contribution < -0.4 is 0 Å². The zero-order chi connectivity index (χ0) is 20.9. The molecule has 2 atom stereocenters. The molecule has 0 bridgehead atoms. The molecule has 0 unspecified atom stereocenters. The third-order valence-corrected chi connectivity index (χ3v) is 6.15. The number of aryl methyl sites for hydroxylation is 1. The molecule has 2 nitrogen and oxygen atoms in total. The fourth-order valence-corrected chi connectivity index (χ4v) is 4.20. The molecular formula is C23H20Cl3NOS. The van der Waals surface area contributed by atoms with Crippen molar-refractivity contribution in [2.45, 2.75) is 27.0 Å². The summed E-state index contributed by atoms with van der Waals surface area (Å²) in [7, 11) is 0. The van der Waals surface area contributed by atoms with Crippen molar-refractivity contribution in [1.29, 1.82) is 5.41 Å². The Morgan fingerprint density at radius 1 is 0.828 bits per heavy atom. The lowest BCUT2D eigenvalue weighted by molar-refractivity contribution is 0.182. The molecule has 3 aromatic rings. The standard InChI is InChI=1S/C23H20Cl3NOS/c1-16-12-14-19(15-13-16)29-21(18-10-6-3-7-11-18)20(17-8-4-2-5-9-17)28-22(27)23(24,25)26/h2-15,20-21,27H,1H3/t20-,21-/m1/s1. The Hall–Kier alpha value is -1.65. The minimum absolute atomic E-state index is 0.158. The first-order valence-corrected chi connectivity index (χ1v) is 11.0. The van der Waals surface area contributed by atoms with Gasteiger partial charge in [0.25, 0.3) is 3.79 Å². The Morgan fingerprint density at radius 2 is 1.34 bits per heavy atom. The number of thioether (sulfide) groups is 1. The second-order valence-electron chi connectivity index (χ2n) is 6.54. The Morgan fingerprint density at radius 3 is 1.86 bits per heavy atom. The number of rotatable bonds is 6. The van der Waals surface area contributed by atoms with Crippen LogP contribution in [0.5, 0.6) is 0 Å². The lowest BCUT2D eigenvalue weighted by atomic mass is 10.0. The van der Waals surface area contributed by atoms with Gasteiger partial charge < -0.3 is 4.74 Å². The Bertz CT molecular complexity index is 928. The van der Waals surface area contributed by atoms with Crippen molar-refractivity contribution >= 4 is 52.5 Å². The number of hydrogen-bond donors (Lipinski definition) is 1. The van der Waals surface area contributed by atoms with Crippen LogP contribution in [0.15, 0.2) is 89.8 Å². The van der Waals surface area contributed by atoms with Crippen molar-refractivity contribution < 1.29 is 4.74 Å². The van der Waals surface area contributed by atoms with Crippen LogP contribution in [0.4, 0.5) is 0 Å². The van der Waals surface area contributed by atoms with Gasteiger partial charge in [0.1, 0.15) is 6.10 Å². The highest BCUT2D eigenvalue weighted by Crippen LogP contribution is 2.47. The molecule has 0 aliphatic heterocycles. The molecule has 0 aliphatic rings. The van der Waals surface area contributed by atoms with E-state index in [-0.39, 0.29) is 5.25 Å². The second kappa shape index (κ2) is 9.90. The topological polar surface area (TPSA) is 33.1 Å². The summed E-state index contributed by atoms with van der Waals surface area (Å²) in [5, 5.41) is 8.00. The Kier molecular flexibility index (Phi) is 7.53. The highest BCUT2D eigenvalue weighted by atomic mass is 35.6. The van der Waals surface area contributed by atoms with Crippen molar-refractivity contribution in [3.63, 3.8) is 0 Å². The highest BCUT2D eigenvalue weighted by Gasteiger charge is 2.35. The molecule has 1 N–H and O–H groups in total. The molecule has 3 aromatic carbocycles. The molecule has 0 saturated heterocycles. The molecule has 29 heavy (non-hydrogen) atoms. The first-order valence-electron chi connectivity index (χ1n) is 9.00. The number of halogens is 3. The van der Waals surface area contributed by atoms with Gasteiger partial charge >= 0.3 is 0 Å². The maximum absolute atomic E-state index is 8.16. The molecule has 0 amide bonds. The van der Waals surface area contributed by atoms with Crippen LogP contribution >= 0.6 is 46.6 Å². The predicted molar refractivity (Wildman–Crippen MR) is 125 cm³/mol. The van der Waals surface area contributed by atoms with E-state index < -0.39 is 15.8 Å². The molecule has 0 aromatic heterocycles. The third-order valence-electron chi connectivity index (χ3n) is 4.32. The minimum atomic E-state index is -1.93. The van der Waals surface area contributed by atoms with Gasteiger partial charge in [-0.3, -0.25) is 5.41 Å². The van der Waals surface area contributed by atoms with E-state index >= 15 is 0 Å². The summed E-state index contributed by atoms with van der Waals surface area (Å²) in [5.74, 6) is -0.401. The van der Waals surface area contributed by atoms with Gasteiger partial charge in [0.15, 0.2) is 0 Å². The number of ether oxygens (including phenoxy) is 1. The lowest BCUT2D eigenvalue weighted by Crippen LogP contribution is -2.25. The van der Waals surface area contributed by atoms with Crippen LogP contribution in [-0.2, 0) is 4.74 Å². The maximum Gasteiger partial charge on any atom is 0.265 e. The van der Waals surface area contributed by atoms with Gasteiger partial charge in [0.05, 0.1) is 5.25 Å². The molecule has 3 rings (SSSR count). The molecule has 0 spiro atoms.